The SMILES string of the molecule is COc1ccc(OC)c(NC(=O)Cc2cn(Cc3ccc(F)cc3)c3ccccc23)c1. The highest BCUT2D eigenvalue weighted by Crippen LogP contribution is 2.29. The largest absolute Gasteiger partial charge is 0.497 e. The zero-order valence-electron chi connectivity index (χ0n) is 17.4. The lowest BCUT2D eigenvalue weighted by Gasteiger charge is -2.11. The van der Waals surface area contributed by atoms with Gasteiger partial charge in [-0.05, 0) is 41.5 Å². The van der Waals surface area contributed by atoms with Crippen LogP contribution in [0.5, 0.6) is 11.5 Å². The highest BCUT2D eigenvalue weighted by molar-refractivity contribution is 5.97. The van der Waals surface area contributed by atoms with Gasteiger partial charge in [0.05, 0.1) is 26.3 Å². The quantitative estimate of drug-likeness (QED) is 0.458. The van der Waals surface area contributed by atoms with Gasteiger partial charge in [0.15, 0.2) is 0 Å². The Morgan fingerprint density at radius 2 is 1.77 bits per heavy atom. The van der Waals surface area contributed by atoms with E-state index in [1.807, 2.05) is 30.5 Å². The van der Waals surface area contributed by atoms with E-state index in [1.165, 1.54) is 12.1 Å². The van der Waals surface area contributed by atoms with Crippen molar-refractivity contribution in [2.24, 2.45) is 0 Å². The van der Waals surface area contributed by atoms with Crippen molar-refractivity contribution < 1.29 is 18.7 Å². The van der Waals surface area contributed by atoms with Gasteiger partial charge in [0.2, 0.25) is 5.91 Å². The Kier molecular flexibility index (Phi) is 5.89. The molecule has 4 aromatic rings. The second-order valence-corrected chi connectivity index (χ2v) is 7.22. The number of nitrogens with one attached hydrogen (secondary N) is 1. The van der Waals surface area contributed by atoms with Gasteiger partial charge < -0.3 is 19.4 Å². The Bertz CT molecular complexity index is 1220. The number of anilines is 1. The summed E-state index contributed by atoms with van der Waals surface area (Å²) in [5, 5.41) is 3.93. The van der Waals surface area contributed by atoms with Crippen molar-refractivity contribution in [2.75, 3.05) is 19.5 Å². The fourth-order valence-electron chi connectivity index (χ4n) is 3.66. The predicted octanol–water partition coefficient (Wildman–Crippen LogP) is 5.03. The molecule has 158 valence electrons. The molecule has 3 aromatic carbocycles. The summed E-state index contributed by atoms with van der Waals surface area (Å²) in [6, 6.07) is 19.7. The van der Waals surface area contributed by atoms with Crippen LogP contribution < -0.4 is 14.8 Å². The number of ether oxygens (including phenoxy) is 2. The molecule has 0 aliphatic heterocycles. The van der Waals surface area contributed by atoms with E-state index < -0.39 is 0 Å². The minimum atomic E-state index is -0.258. The summed E-state index contributed by atoms with van der Waals surface area (Å²) in [6.07, 6.45) is 2.19. The highest BCUT2D eigenvalue weighted by Gasteiger charge is 2.14. The summed E-state index contributed by atoms with van der Waals surface area (Å²) >= 11 is 0. The molecule has 1 amide bonds. The first-order valence-corrected chi connectivity index (χ1v) is 9.90. The smallest absolute Gasteiger partial charge is 0.228 e. The summed E-state index contributed by atoms with van der Waals surface area (Å²) in [7, 11) is 3.13. The maximum absolute atomic E-state index is 13.2. The molecule has 0 saturated heterocycles. The molecule has 0 aliphatic carbocycles. The number of halogens is 1. The van der Waals surface area contributed by atoms with Crippen LogP contribution in [0.2, 0.25) is 0 Å². The van der Waals surface area contributed by atoms with E-state index in [9.17, 15) is 9.18 Å². The third kappa shape index (κ3) is 4.53. The van der Waals surface area contributed by atoms with E-state index in [0.29, 0.717) is 23.7 Å². The fraction of sp³-hybridized carbons (Fsp3) is 0.160. The van der Waals surface area contributed by atoms with Gasteiger partial charge in [-0.3, -0.25) is 4.79 Å². The molecule has 6 heteroatoms. The van der Waals surface area contributed by atoms with Gasteiger partial charge >= 0.3 is 0 Å². The molecule has 0 spiro atoms. The number of carbonyl (C=O) groups is 1. The van der Waals surface area contributed by atoms with Crippen LogP contribution in [0, 0.1) is 5.82 Å². The van der Waals surface area contributed by atoms with Crippen molar-refractivity contribution in [2.45, 2.75) is 13.0 Å². The number of para-hydroxylation sites is 1. The van der Waals surface area contributed by atoms with Crippen LogP contribution in [0.4, 0.5) is 10.1 Å². The molecule has 0 bridgehead atoms. The van der Waals surface area contributed by atoms with Gasteiger partial charge in [0, 0.05) is 29.7 Å². The molecule has 0 aliphatic rings. The van der Waals surface area contributed by atoms with Crippen LogP contribution in [0.25, 0.3) is 10.9 Å². The molecule has 4 rings (SSSR count). The third-order valence-electron chi connectivity index (χ3n) is 5.17. The second kappa shape index (κ2) is 8.92. The van der Waals surface area contributed by atoms with E-state index in [1.54, 1.807) is 44.6 Å². The molecule has 0 unspecified atom stereocenters. The van der Waals surface area contributed by atoms with E-state index in [-0.39, 0.29) is 18.1 Å². The van der Waals surface area contributed by atoms with E-state index in [4.69, 9.17) is 9.47 Å². The molecule has 5 nitrogen and oxygen atoms in total. The van der Waals surface area contributed by atoms with E-state index in [2.05, 4.69) is 9.88 Å². The molecule has 0 saturated carbocycles. The number of methoxy groups -OCH3 is 2. The van der Waals surface area contributed by atoms with Gasteiger partial charge in [-0.15, -0.1) is 0 Å². The summed E-state index contributed by atoms with van der Waals surface area (Å²) in [6.45, 7) is 0.589. The average Bonchev–Trinajstić information content (AvgIpc) is 3.12. The third-order valence-corrected chi connectivity index (χ3v) is 5.17. The van der Waals surface area contributed by atoms with Gasteiger partial charge in [-0.2, -0.15) is 0 Å². The normalized spacial score (nSPS) is 10.8. The van der Waals surface area contributed by atoms with Crippen LogP contribution >= 0.6 is 0 Å². The Labute approximate surface area is 180 Å². The second-order valence-electron chi connectivity index (χ2n) is 7.22. The summed E-state index contributed by atoms with van der Waals surface area (Å²) < 4.78 is 25.9. The molecule has 0 fully saturated rings. The highest BCUT2D eigenvalue weighted by atomic mass is 19.1. The molecule has 1 heterocycles. The molecular formula is C25H23FN2O3. The lowest BCUT2D eigenvalue weighted by Crippen LogP contribution is -2.15. The number of hydrogen-bond acceptors (Lipinski definition) is 3. The maximum Gasteiger partial charge on any atom is 0.228 e. The van der Waals surface area contributed by atoms with Crippen LogP contribution in [-0.4, -0.2) is 24.7 Å². The number of aromatic nitrogens is 1. The first kappa shape index (κ1) is 20.5. The van der Waals surface area contributed by atoms with Crippen molar-refractivity contribution in [3.63, 3.8) is 0 Å². The first-order chi connectivity index (χ1) is 15.1. The maximum atomic E-state index is 13.2. The Morgan fingerprint density at radius 1 is 1.00 bits per heavy atom. The van der Waals surface area contributed by atoms with Crippen molar-refractivity contribution in [1.29, 1.82) is 0 Å². The topological polar surface area (TPSA) is 52.5 Å². The summed E-state index contributed by atoms with van der Waals surface area (Å²) in [5.41, 5.74) is 3.48. The lowest BCUT2D eigenvalue weighted by molar-refractivity contribution is -0.115. The number of amides is 1. The van der Waals surface area contributed by atoms with Crippen LogP contribution in [0.15, 0.2) is 72.9 Å². The summed E-state index contributed by atoms with van der Waals surface area (Å²) in [4.78, 5) is 12.8. The van der Waals surface area contributed by atoms with Gasteiger partial charge in [-0.1, -0.05) is 30.3 Å². The average molecular weight is 418 g/mol. The van der Waals surface area contributed by atoms with E-state index in [0.717, 1.165) is 22.0 Å². The molecule has 0 atom stereocenters. The van der Waals surface area contributed by atoms with Crippen LogP contribution in [0.1, 0.15) is 11.1 Å². The Morgan fingerprint density at radius 3 is 2.52 bits per heavy atom. The molecule has 1 N–H and O–H groups in total. The number of benzene rings is 3. The molecule has 31 heavy (non-hydrogen) atoms. The standard InChI is InChI=1S/C25H23FN2O3/c1-30-20-11-12-24(31-2)22(14-20)27-25(29)13-18-16-28(23-6-4-3-5-21(18)23)15-17-7-9-19(26)10-8-17/h3-12,14,16H,13,15H2,1-2H3,(H,27,29). The van der Waals surface area contributed by atoms with Crippen LogP contribution in [-0.2, 0) is 17.8 Å². The lowest BCUT2D eigenvalue weighted by atomic mass is 10.1. The summed E-state index contributed by atoms with van der Waals surface area (Å²) in [5.74, 6) is 0.780. The number of hydrogen-bond donors (Lipinski definition) is 1. The van der Waals surface area contributed by atoms with Crippen molar-refractivity contribution >= 4 is 22.5 Å². The minimum Gasteiger partial charge on any atom is -0.497 e. The number of carbonyl (C=O) groups excluding carboxylic acids is 1. The number of nitrogens with zero attached hydrogens (tertiary/aromatic N) is 1. The Hall–Kier alpha value is -3.80. The zero-order chi connectivity index (χ0) is 21.8. The van der Waals surface area contributed by atoms with Crippen molar-refractivity contribution in [3.8, 4) is 11.5 Å². The van der Waals surface area contributed by atoms with Gasteiger partial charge in [0.1, 0.15) is 17.3 Å². The van der Waals surface area contributed by atoms with Crippen molar-refractivity contribution in [3.05, 3.63) is 89.9 Å². The Balaban J connectivity index is 1.59. The van der Waals surface area contributed by atoms with Gasteiger partial charge in [0.25, 0.3) is 0 Å². The van der Waals surface area contributed by atoms with E-state index >= 15 is 0 Å². The zero-order valence-corrected chi connectivity index (χ0v) is 17.4. The molecular weight excluding hydrogens is 395 g/mol. The number of fused-ring (bicyclic) bond motifs is 1. The number of rotatable bonds is 7. The van der Waals surface area contributed by atoms with Gasteiger partial charge in [-0.25, -0.2) is 4.39 Å². The molecule has 0 radical (unpaired) electrons. The minimum absolute atomic E-state index is 0.156. The first-order valence-electron chi connectivity index (χ1n) is 9.90. The van der Waals surface area contributed by atoms with Crippen LogP contribution in [0.3, 0.4) is 0 Å². The fourth-order valence-corrected chi connectivity index (χ4v) is 3.66. The predicted molar refractivity (Wildman–Crippen MR) is 119 cm³/mol. The molecule has 1 aromatic heterocycles. The monoisotopic (exact) mass is 418 g/mol. The van der Waals surface area contributed by atoms with Crippen molar-refractivity contribution in [1.82, 2.24) is 4.57 Å².